The minimum Gasteiger partial charge on any atom is -0.465 e. The van der Waals surface area contributed by atoms with E-state index in [1.165, 1.54) is 7.11 Å². The van der Waals surface area contributed by atoms with Gasteiger partial charge in [0.1, 0.15) is 11.4 Å². The number of esters is 1. The van der Waals surface area contributed by atoms with E-state index in [0.717, 1.165) is 10.9 Å². The van der Waals surface area contributed by atoms with Crippen molar-refractivity contribution in [3.05, 3.63) is 35.9 Å². The summed E-state index contributed by atoms with van der Waals surface area (Å²) in [6.07, 6.45) is -0.00508. The summed E-state index contributed by atoms with van der Waals surface area (Å²) in [7, 11) is 1.30. The van der Waals surface area contributed by atoms with Crippen LogP contribution in [0, 0.1) is 0 Å². The number of carbonyl (C=O) groups is 1. The van der Waals surface area contributed by atoms with Gasteiger partial charge in [0.05, 0.1) is 12.6 Å². The largest absolute Gasteiger partial charge is 0.465 e. The molecular formula is C17H18F2N2O2. The van der Waals surface area contributed by atoms with Crippen molar-refractivity contribution in [2.75, 3.05) is 25.1 Å². The van der Waals surface area contributed by atoms with Gasteiger partial charge in [-0.1, -0.05) is 18.2 Å². The van der Waals surface area contributed by atoms with Crippen LogP contribution in [0.25, 0.3) is 10.9 Å². The van der Waals surface area contributed by atoms with Gasteiger partial charge in [0.15, 0.2) is 0 Å². The molecule has 1 aliphatic rings. The number of alkyl halides is 2. The zero-order chi connectivity index (χ0) is 16.4. The predicted octanol–water partition coefficient (Wildman–Crippen LogP) is 3.65. The van der Waals surface area contributed by atoms with Crippen LogP contribution in [-0.2, 0) is 4.74 Å². The highest BCUT2D eigenvalue weighted by Crippen LogP contribution is 2.31. The van der Waals surface area contributed by atoms with Crippen LogP contribution in [0.1, 0.15) is 29.6 Å². The monoisotopic (exact) mass is 320 g/mol. The molecule has 122 valence electrons. The quantitative estimate of drug-likeness (QED) is 0.792. The van der Waals surface area contributed by atoms with E-state index in [-0.39, 0.29) is 19.4 Å². The van der Waals surface area contributed by atoms with E-state index in [1.807, 2.05) is 24.3 Å². The van der Waals surface area contributed by atoms with Crippen LogP contribution < -0.4 is 4.90 Å². The lowest BCUT2D eigenvalue weighted by molar-refractivity contribution is -0.0102. The average Bonchev–Trinajstić information content (AvgIpc) is 2.73. The van der Waals surface area contributed by atoms with Crippen LogP contribution in [0.5, 0.6) is 0 Å². The molecule has 0 atom stereocenters. The van der Waals surface area contributed by atoms with E-state index < -0.39 is 11.9 Å². The number of hydrogen-bond donors (Lipinski definition) is 0. The molecule has 2 aromatic rings. The van der Waals surface area contributed by atoms with Crippen molar-refractivity contribution in [2.45, 2.75) is 25.2 Å². The zero-order valence-electron chi connectivity index (χ0n) is 12.9. The first-order chi connectivity index (χ1) is 11.0. The van der Waals surface area contributed by atoms with E-state index in [0.29, 0.717) is 24.3 Å². The highest BCUT2D eigenvalue weighted by Gasteiger charge is 2.33. The molecule has 3 rings (SSSR count). The SMILES string of the molecule is COC(=O)c1cc2ccccc2nc1N1CCCC(F)(F)CC1. The molecule has 0 N–H and O–H groups in total. The summed E-state index contributed by atoms with van der Waals surface area (Å²) >= 11 is 0. The maximum Gasteiger partial charge on any atom is 0.341 e. The first-order valence-electron chi connectivity index (χ1n) is 7.61. The summed E-state index contributed by atoms with van der Waals surface area (Å²) < 4.78 is 32.0. The van der Waals surface area contributed by atoms with E-state index in [9.17, 15) is 13.6 Å². The number of halogens is 2. The van der Waals surface area contributed by atoms with Gasteiger partial charge in [-0.15, -0.1) is 0 Å². The number of nitrogens with zero attached hydrogens (tertiary/aromatic N) is 2. The third-order valence-electron chi connectivity index (χ3n) is 4.13. The number of methoxy groups -OCH3 is 1. The maximum atomic E-state index is 13.6. The number of benzene rings is 1. The molecule has 4 nitrogen and oxygen atoms in total. The van der Waals surface area contributed by atoms with Crippen molar-refractivity contribution in [1.29, 1.82) is 0 Å². The molecule has 1 fully saturated rings. The van der Waals surface area contributed by atoms with Crippen LogP contribution >= 0.6 is 0 Å². The molecule has 0 unspecified atom stereocenters. The first kappa shape index (κ1) is 15.6. The summed E-state index contributed by atoms with van der Waals surface area (Å²) in [5.41, 5.74) is 1.04. The Kier molecular flexibility index (Phi) is 4.15. The van der Waals surface area contributed by atoms with Crippen molar-refractivity contribution >= 4 is 22.7 Å². The lowest BCUT2D eigenvalue weighted by atomic mass is 10.1. The smallest absolute Gasteiger partial charge is 0.341 e. The van der Waals surface area contributed by atoms with E-state index >= 15 is 0 Å². The number of fused-ring (bicyclic) bond motifs is 1. The molecule has 0 amide bonds. The highest BCUT2D eigenvalue weighted by atomic mass is 19.3. The molecule has 0 radical (unpaired) electrons. The van der Waals surface area contributed by atoms with Gasteiger partial charge in [-0.25, -0.2) is 18.6 Å². The Morgan fingerprint density at radius 2 is 2.04 bits per heavy atom. The van der Waals surface area contributed by atoms with Gasteiger partial charge in [-0.2, -0.15) is 0 Å². The fraction of sp³-hybridized carbons (Fsp3) is 0.412. The number of aromatic nitrogens is 1. The summed E-state index contributed by atoms with van der Waals surface area (Å²) in [5, 5.41) is 0.816. The zero-order valence-corrected chi connectivity index (χ0v) is 12.9. The number of pyridine rings is 1. The van der Waals surface area contributed by atoms with E-state index in [4.69, 9.17) is 4.74 Å². The van der Waals surface area contributed by atoms with Crippen LogP contribution in [0.4, 0.5) is 14.6 Å². The molecule has 1 aromatic heterocycles. The third kappa shape index (κ3) is 3.25. The van der Waals surface area contributed by atoms with E-state index in [1.54, 1.807) is 11.0 Å². The van der Waals surface area contributed by atoms with Gasteiger partial charge in [0.2, 0.25) is 5.92 Å². The van der Waals surface area contributed by atoms with Gasteiger partial charge in [0.25, 0.3) is 0 Å². The molecule has 2 heterocycles. The number of ether oxygens (including phenoxy) is 1. The summed E-state index contributed by atoms with van der Waals surface area (Å²) in [6.45, 7) is 0.618. The normalized spacial score (nSPS) is 17.8. The first-order valence-corrected chi connectivity index (χ1v) is 7.61. The Balaban J connectivity index is 2.05. The van der Waals surface area contributed by atoms with Crippen LogP contribution in [0.2, 0.25) is 0 Å². The van der Waals surface area contributed by atoms with Gasteiger partial charge in [-0.3, -0.25) is 0 Å². The Labute approximate surface area is 133 Å². The van der Waals surface area contributed by atoms with Crippen molar-refractivity contribution in [3.63, 3.8) is 0 Å². The molecule has 1 aromatic carbocycles. The number of anilines is 1. The Hall–Kier alpha value is -2.24. The Morgan fingerprint density at radius 3 is 2.83 bits per heavy atom. The number of rotatable bonds is 2. The average molecular weight is 320 g/mol. The molecule has 0 saturated carbocycles. The topological polar surface area (TPSA) is 42.4 Å². The molecule has 6 heteroatoms. The van der Waals surface area contributed by atoms with Crippen molar-refractivity contribution in [1.82, 2.24) is 4.98 Å². The number of hydrogen-bond acceptors (Lipinski definition) is 4. The van der Waals surface area contributed by atoms with Crippen molar-refractivity contribution in [2.24, 2.45) is 0 Å². The second kappa shape index (κ2) is 6.10. The van der Waals surface area contributed by atoms with Crippen LogP contribution in [-0.4, -0.2) is 37.1 Å². The fourth-order valence-corrected chi connectivity index (χ4v) is 2.88. The van der Waals surface area contributed by atoms with Crippen molar-refractivity contribution in [3.8, 4) is 0 Å². The van der Waals surface area contributed by atoms with Gasteiger partial charge in [-0.05, 0) is 18.6 Å². The number of para-hydroxylation sites is 1. The Morgan fingerprint density at radius 1 is 1.26 bits per heavy atom. The standard InChI is InChI=1S/C17H18F2N2O2/c1-23-16(22)13-11-12-5-2-3-6-14(12)20-15(13)21-9-4-7-17(18,19)8-10-21/h2-3,5-6,11H,4,7-10H2,1H3. The minimum absolute atomic E-state index is 0.134. The van der Waals surface area contributed by atoms with E-state index in [2.05, 4.69) is 4.98 Å². The Bertz CT molecular complexity index is 734. The third-order valence-corrected chi connectivity index (χ3v) is 4.13. The van der Waals surface area contributed by atoms with Crippen LogP contribution in [0.3, 0.4) is 0 Å². The van der Waals surface area contributed by atoms with Gasteiger partial charge >= 0.3 is 5.97 Å². The molecule has 23 heavy (non-hydrogen) atoms. The number of carbonyl (C=O) groups excluding carboxylic acids is 1. The molecule has 0 spiro atoms. The highest BCUT2D eigenvalue weighted by molar-refractivity contribution is 5.99. The molecule has 1 saturated heterocycles. The second-order valence-corrected chi connectivity index (χ2v) is 5.74. The predicted molar refractivity (Wildman–Crippen MR) is 84.1 cm³/mol. The molecule has 0 aliphatic carbocycles. The second-order valence-electron chi connectivity index (χ2n) is 5.74. The lowest BCUT2D eigenvalue weighted by Gasteiger charge is -2.24. The maximum absolute atomic E-state index is 13.6. The summed E-state index contributed by atoms with van der Waals surface area (Å²) in [5.74, 6) is -2.74. The van der Waals surface area contributed by atoms with Gasteiger partial charge in [0, 0.05) is 31.3 Å². The lowest BCUT2D eigenvalue weighted by Crippen LogP contribution is -2.28. The summed E-state index contributed by atoms with van der Waals surface area (Å²) in [6, 6.07) is 9.12. The fourth-order valence-electron chi connectivity index (χ4n) is 2.88. The molecular weight excluding hydrogens is 302 g/mol. The molecule has 0 bridgehead atoms. The van der Waals surface area contributed by atoms with Gasteiger partial charge < -0.3 is 9.64 Å². The van der Waals surface area contributed by atoms with Crippen molar-refractivity contribution < 1.29 is 18.3 Å². The van der Waals surface area contributed by atoms with Crippen LogP contribution in [0.15, 0.2) is 30.3 Å². The summed E-state index contributed by atoms with van der Waals surface area (Å²) in [4.78, 5) is 18.4. The minimum atomic E-state index is -2.66. The molecule has 1 aliphatic heterocycles.